The van der Waals surface area contributed by atoms with Crippen molar-refractivity contribution in [2.24, 2.45) is 0 Å². The van der Waals surface area contributed by atoms with Crippen LogP contribution >= 0.6 is 0 Å². The Morgan fingerprint density at radius 1 is 1.43 bits per heavy atom. The lowest BCUT2D eigenvalue weighted by atomic mass is 9.89. The zero-order valence-electron chi connectivity index (χ0n) is 13.4. The number of nitrogens with zero attached hydrogens (tertiary/aromatic N) is 4. The van der Waals surface area contributed by atoms with Crippen LogP contribution in [0.5, 0.6) is 0 Å². The Kier molecular flexibility index (Phi) is 5.73. The molecule has 1 aliphatic rings. The van der Waals surface area contributed by atoms with Crippen LogP contribution in [-0.2, 0) is 11.3 Å². The van der Waals surface area contributed by atoms with E-state index < -0.39 is 0 Å². The molecule has 1 aromatic heterocycles. The SMILES string of the molecule is CCCn1nncc1C1CCNC(C(=O)N(CC)CC)C1. The Hall–Kier alpha value is -1.43. The van der Waals surface area contributed by atoms with Crippen molar-refractivity contribution in [3.63, 3.8) is 0 Å². The molecule has 2 unspecified atom stereocenters. The summed E-state index contributed by atoms with van der Waals surface area (Å²) < 4.78 is 1.99. The first-order valence-electron chi connectivity index (χ1n) is 8.11. The summed E-state index contributed by atoms with van der Waals surface area (Å²) in [6.07, 6.45) is 4.79. The fourth-order valence-electron chi connectivity index (χ4n) is 3.10. The summed E-state index contributed by atoms with van der Waals surface area (Å²) in [5.41, 5.74) is 1.18. The third-order valence-electron chi connectivity index (χ3n) is 4.28. The van der Waals surface area contributed by atoms with Crippen LogP contribution in [-0.4, -0.2) is 51.5 Å². The predicted molar refractivity (Wildman–Crippen MR) is 82.0 cm³/mol. The summed E-state index contributed by atoms with van der Waals surface area (Å²) in [4.78, 5) is 14.4. The maximum absolute atomic E-state index is 12.5. The zero-order valence-corrected chi connectivity index (χ0v) is 13.4. The van der Waals surface area contributed by atoms with Crippen LogP contribution < -0.4 is 5.32 Å². The molecular formula is C15H27N5O. The molecule has 1 aliphatic heterocycles. The molecule has 1 fully saturated rings. The van der Waals surface area contributed by atoms with Gasteiger partial charge in [-0.3, -0.25) is 4.79 Å². The molecule has 118 valence electrons. The van der Waals surface area contributed by atoms with E-state index in [0.717, 1.165) is 45.4 Å². The lowest BCUT2D eigenvalue weighted by molar-refractivity contribution is -0.133. The molecule has 0 aromatic carbocycles. The average molecular weight is 293 g/mol. The van der Waals surface area contributed by atoms with Gasteiger partial charge in [0.25, 0.3) is 0 Å². The highest BCUT2D eigenvalue weighted by Gasteiger charge is 2.31. The second-order valence-corrected chi connectivity index (χ2v) is 5.62. The van der Waals surface area contributed by atoms with E-state index in [4.69, 9.17) is 0 Å². The Balaban J connectivity index is 2.06. The number of carbonyl (C=O) groups is 1. The highest BCUT2D eigenvalue weighted by molar-refractivity contribution is 5.82. The largest absolute Gasteiger partial charge is 0.342 e. The lowest BCUT2D eigenvalue weighted by Gasteiger charge is -2.32. The van der Waals surface area contributed by atoms with Crippen molar-refractivity contribution in [2.75, 3.05) is 19.6 Å². The van der Waals surface area contributed by atoms with Crippen LogP contribution in [0.25, 0.3) is 0 Å². The van der Waals surface area contributed by atoms with Crippen LogP contribution in [0.2, 0.25) is 0 Å². The van der Waals surface area contributed by atoms with E-state index in [1.807, 2.05) is 29.6 Å². The van der Waals surface area contributed by atoms with Gasteiger partial charge in [0.05, 0.1) is 17.9 Å². The van der Waals surface area contributed by atoms with E-state index in [1.54, 1.807) is 0 Å². The molecule has 0 aliphatic carbocycles. The van der Waals surface area contributed by atoms with Crippen LogP contribution in [0.1, 0.15) is 51.6 Å². The van der Waals surface area contributed by atoms with Gasteiger partial charge in [0.15, 0.2) is 0 Å². The molecule has 1 aromatic rings. The average Bonchev–Trinajstić information content (AvgIpc) is 2.97. The van der Waals surface area contributed by atoms with Gasteiger partial charge >= 0.3 is 0 Å². The van der Waals surface area contributed by atoms with E-state index in [1.165, 1.54) is 5.69 Å². The van der Waals surface area contributed by atoms with Gasteiger partial charge in [-0.1, -0.05) is 12.1 Å². The van der Waals surface area contributed by atoms with Gasteiger partial charge < -0.3 is 10.2 Å². The highest BCUT2D eigenvalue weighted by atomic mass is 16.2. The van der Waals surface area contributed by atoms with Crippen molar-refractivity contribution in [1.82, 2.24) is 25.2 Å². The summed E-state index contributed by atoms with van der Waals surface area (Å²) in [7, 11) is 0. The normalized spacial score (nSPS) is 22.2. The number of hydrogen-bond donors (Lipinski definition) is 1. The second-order valence-electron chi connectivity index (χ2n) is 5.62. The maximum atomic E-state index is 12.5. The van der Waals surface area contributed by atoms with E-state index in [-0.39, 0.29) is 11.9 Å². The van der Waals surface area contributed by atoms with Crippen molar-refractivity contribution in [3.8, 4) is 0 Å². The number of hydrogen-bond acceptors (Lipinski definition) is 4. The minimum Gasteiger partial charge on any atom is -0.342 e. The molecule has 6 heteroatoms. The maximum Gasteiger partial charge on any atom is 0.239 e. The first-order chi connectivity index (χ1) is 10.2. The van der Waals surface area contributed by atoms with Gasteiger partial charge in [-0.2, -0.15) is 0 Å². The molecule has 0 saturated carbocycles. The number of piperidine rings is 1. The van der Waals surface area contributed by atoms with Crippen molar-refractivity contribution in [2.45, 2.75) is 58.5 Å². The molecule has 2 rings (SSSR count). The number of amides is 1. The minimum absolute atomic E-state index is 0.0753. The summed E-state index contributed by atoms with van der Waals surface area (Å²) in [6, 6.07) is -0.0753. The molecular weight excluding hydrogens is 266 g/mol. The Morgan fingerprint density at radius 2 is 2.19 bits per heavy atom. The van der Waals surface area contributed by atoms with E-state index in [9.17, 15) is 4.79 Å². The Morgan fingerprint density at radius 3 is 2.86 bits per heavy atom. The summed E-state index contributed by atoms with van der Waals surface area (Å²) in [5.74, 6) is 0.594. The zero-order chi connectivity index (χ0) is 15.2. The van der Waals surface area contributed by atoms with Crippen LogP contribution in [0, 0.1) is 0 Å². The van der Waals surface area contributed by atoms with Crippen LogP contribution in [0.3, 0.4) is 0 Å². The molecule has 1 amide bonds. The first kappa shape index (κ1) is 15.9. The topological polar surface area (TPSA) is 63.1 Å². The summed E-state index contributed by atoms with van der Waals surface area (Å²) in [5, 5.41) is 11.6. The van der Waals surface area contributed by atoms with Crippen molar-refractivity contribution in [3.05, 3.63) is 11.9 Å². The van der Waals surface area contributed by atoms with Gasteiger partial charge in [0.2, 0.25) is 5.91 Å². The molecule has 1 saturated heterocycles. The van der Waals surface area contributed by atoms with Crippen LogP contribution in [0.4, 0.5) is 0 Å². The molecule has 0 spiro atoms. The quantitative estimate of drug-likeness (QED) is 0.861. The second kappa shape index (κ2) is 7.54. The number of nitrogens with one attached hydrogen (secondary N) is 1. The number of carbonyl (C=O) groups excluding carboxylic acids is 1. The molecule has 6 nitrogen and oxygen atoms in total. The van der Waals surface area contributed by atoms with Gasteiger partial charge in [-0.05, 0) is 39.7 Å². The fourth-order valence-corrected chi connectivity index (χ4v) is 3.10. The van der Waals surface area contributed by atoms with E-state index in [0.29, 0.717) is 5.92 Å². The molecule has 0 bridgehead atoms. The predicted octanol–water partition coefficient (Wildman–Crippen LogP) is 1.39. The Labute approximate surface area is 126 Å². The minimum atomic E-state index is -0.0753. The first-order valence-corrected chi connectivity index (χ1v) is 8.11. The molecule has 2 atom stereocenters. The van der Waals surface area contributed by atoms with Gasteiger partial charge in [-0.25, -0.2) is 4.68 Å². The van der Waals surface area contributed by atoms with Crippen LogP contribution in [0.15, 0.2) is 6.20 Å². The van der Waals surface area contributed by atoms with Crippen molar-refractivity contribution in [1.29, 1.82) is 0 Å². The monoisotopic (exact) mass is 293 g/mol. The van der Waals surface area contributed by atoms with E-state index >= 15 is 0 Å². The molecule has 2 heterocycles. The third kappa shape index (κ3) is 3.61. The molecule has 1 N–H and O–H groups in total. The standard InChI is InChI=1S/C15H27N5O/c1-4-9-20-14(11-17-18-20)12-7-8-16-13(10-12)15(21)19(5-2)6-3/h11-13,16H,4-10H2,1-3H3. The fraction of sp³-hybridized carbons (Fsp3) is 0.800. The number of likely N-dealkylation sites (N-methyl/N-ethyl adjacent to an activating group) is 1. The highest BCUT2D eigenvalue weighted by Crippen LogP contribution is 2.27. The number of aromatic nitrogens is 3. The molecule has 21 heavy (non-hydrogen) atoms. The summed E-state index contributed by atoms with van der Waals surface area (Å²) in [6.45, 7) is 9.51. The molecule has 0 radical (unpaired) electrons. The number of aryl methyl sites for hydroxylation is 1. The Bertz CT molecular complexity index is 455. The van der Waals surface area contributed by atoms with Crippen molar-refractivity contribution < 1.29 is 4.79 Å². The van der Waals surface area contributed by atoms with Gasteiger partial charge in [0.1, 0.15) is 0 Å². The third-order valence-corrected chi connectivity index (χ3v) is 4.28. The number of rotatable bonds is 6. The van der Waals surface area contributed by atoms with E-state index in [2.05, 4.69) is 22.6 Å². The van der Waals surface area contributed by atoms with Gasteiger partial charge in [0, 0.05) is 25.6 Å². The van der Waals surface area contributed by atoms with Crippen molar-refractivity contribution >= 4 is 5.91 Å². The smallest absolute Gasteiger partial charge is 0.239 e. The lowest BCUT2D eigenvalue weighted by Crippen LogP contribution is -2.50. The summed E-state index contributed by atoms with van der Waals surface area (Å²) >= 11 is 0. The van der Waals surface area contributed by atoms with Gasteiger partial charge in [-0.15, -0.1) is 5.10 Å².